The summed E-state index contributed by atoms with van der Waals surface area (Å²) in [6.45, 7) is 2.92. The van der Waals surface area contributed by atoms with E-state index in [1.807, 2.05) is 19.1 Å². The van der Waals surface area contributed by atoms with E-state index in [0.717, 1.165) is 5.75 Å². The van der Waals surface area contributed by atoms with E-state index in [9.17, 15) is 9.18 Å². The summed E-state index contributed by atoms with van der Waals surface area (Å²) in [5, 5.41) is 7.00. The van der Waals surface area contributed by atoms with Gasteiger partial charge in [-0.25, -0.2) is 4.39 Å². The number of aromatic nitrogens is 2. The zero-order valence-electron chi connectivity index (χ0n) is 17.8. The molecule has 0 radical (unpaired) electrons. The maximum Gasteiger partial charge on any atom is 0.292 e. The van der Waals surface area contributed by atoms with Gasteiger partial charge in [-0.3, -0.25) is 9.48 Å². The van der Waals surface area contributed by atoms with Gasteiger partial charge in [0.15, 0.2) is 11.6 Å². The maximum absolute atomic E-state index is 13.9. The standard InChI is InChI=1S/C24H21BrFN3O4/c1-2-31-17-7-9-18(10-8-17)32-15-19-11-12-22(33-19)24(30)27-23-20(25)14-29(28-23)13-16-5-3-4-6-21(16)26/h3-12,14H,2,13,15H2,1H3,(H,27,28,30). The van der Waals surface area contributed by atoms with Gasteiger partial charge in [-0.1, -0.05) is 18.2 Å². The van der Waals surface area contributed by atoms with E-state index in [1.165, 1.54) is 10.7 Å². The van der Waals surface area contributed by atoms with Crippen molar-refractivity contribution in [3.05, 3.63) is 94.2 Å². The predicted molar refractivity (Wildman–Crippen MR) is 124 cm³/mol. The summed E-state index contributed by atoms with van der Waals surface area (Å²) in [4.78, 5) is 12.6. The Labute approximate surface area is 198 Å². The highest BCUT2D eigenvalue weighted by Gasteiger charge is 2.16. The van der Waals surface area contributed by atoms with Crippen molar-refractivity contribution in [2.45, 2.75) is 20.1 Å². The molecule has 0 bridgehead atoms. The molecular weight excluding hydrogens is 493 g/mol. The molecule has 170 valence electrons. The molecule has 0 saturated carbocycles. The molecule has 0 aliphatic rings. The highest BCUT2D eigenvalue weighted by molar-refractivity contribution is 9.10. The Kier molecular flexibility index (Phi) is 7.09. The fourth-order valence-electron chi connectivity index (χ4n) is 3.06. The first-order valence-corrected chi connectivity index (χ1v) is 11.0. The van der Waals surface area contributed by atoms with Gasteiger partial charge in [-0.2, -0.15) is 5.10 Å². The summed E-state index contributed by atoms with van der Waals surface area (Å²) in [6.07, 6.45) is 1.67. The van der Waals surface area contributed by atoms with Gasteiger partial charge in [0.1, 0.15) is 29.7 Å². The lowest BCUT2D eigenvalue weighted by molar-refractivity contribution is 0.0992. The quantitative estimate of drug-likeness (QED) is 0.312. The van der Waals surface area contributed by atoms with Gasteiger partial charge >= 0.3 is 0 Å². The second kappa shape index (κ2) is 10.4. The van der Waals surface area contributed by atoms with Crippen LogP contribution < -0.4 is 14.8 Å². The van der Waals surface area contributed by atoms with Gasteiger partial charge in [0.2, 0.25) is 0 Å². The second-order valence-corrected chi connectivity index (χ2v) is 7.88. The van der Waals surface area contributed by atoms with E-state index in [4.69, 9.17) is 13.9 Å². The van der Waals surface area contributed by atoms with Crippen LogP contribution in [0.2, 0.25) is 0 Å². The third kappa shape index (κ3) is 5.81. The highest BCUT2D eigenvalue weighted by atomic mass is 79.9. The van der Waals surface area contributed by atoms with Crippen LogP contribution in [-0.4, -0.2) is 22.3 Å². The lowest BCUT2D eigenvalue weighted by Gasteiger charge is -2.06. The van der Waals surface area contributed by atoms with Crippen LogP contribution in [0.3, 0.4) is 0 Å². The molecule has 0 fully saturated rings. The Morgan fingerprint density at radius 1 is 1.09 bits per heavy atom. The topological polar surface area (TPSA) is 78.5 Å². The van der Waals surface area contributed by atoms with E-state index in [-0.39, 0.29) is 24.7 Å². The zero-order chi connectivity index (χ0) is 23.2. The Hall–Kier alpha value is -3.59. The maximum atomic E-state index is 13.9. The van der Waals surface area contributed by atoms with E-state index in [0.29, 0.717) is 34.0 Å². The lowest BCUT2D eigenvalue weighted by atomic mass is 10.2. The van der Waals surface area contributed by atoms with Crippen LogP contribution in [0, 0.1) is 5.82 Å². The Morgan fingerprint density at radius 3 is 2.55 bits per heavy atom. The van der Waals surface area contributed by atoms with Crippen molar-refractivity contribution in [3.8, 4) is 11.5 Å². The summed E-state index contributed by atoms with van der Waals surface area (Å²) in [5.41, 5.74) is 0.494. The number of nitrogens with zero attached hydrogens (tertiary/aromatic N) is 2. The highest BCUT2D eigenvalue weighted by Crippen LogP contribution is 2.23. The number of anilines is 1. The van der Waals surface area contributed by atoms with Crippen molar-refractivity contribution in [1.29, 1.82) is 0 Å². The summed E-state index contributed by atoms with van der Waals surface area (Å²) in [7, 11) is 0. The molecule has 0 unspecified atom stereocenters. The fraction of sp³-hybridized carbons (Fsp3) is 0.167. The average molecular weight is 514 g/mol. The summed E-state index contributed by atoms with van der Waals surface area (Å²) in [5.74, 6) is 1.58. The SMILES string of the molecule is CCOc1ccc(OCc2ccc(C(=O)Nc3nn(Cc4ccccc4F)cc3Br)o2)cc1. The monoisotopic (exact) mass is 513 g/mol. The second-order valence-electron chi connectivity index (χ2n) is 7.03. The number of carbonyl (C=O) groups is 1. The first kappa shape index (κ1) is 22.6. The Balaban J connectivity index is 1.35. The fourth-order valence-corrected chi connectivity index (χ4v) is 3.48. The minimum Gasteiger partial charge on any atom is -0.494 e. The van der Waals surface area contributed by atoms with E-state index < -0.39 is 5.91 Å². The van der Waals surface area contributed by atoms with Crippen LogP contribution in [0.15, 0.2) is 75.8 Å². The number of rotatable bonds is 9. The normalized spacial score (nSPS) is 10.8. The largest absolute Gasteiger partial charge is 0.494 e. The van der Waals surface area contributed by atoms with Crippen molar-refractivity contribution in [2.24, 2.45) is 0 Å². The first-order chi connectivity index (χ1) is 16.0. The Bertz CT molecular complexity index is 1240. The zero-order valence-corrected chi connectivity index (χ0v) is 19.3. The molecule has 0 atom stereocenters. The summed E-state index contributed by atoms with van der Waals surface area (Å²) in [6, 6.07) is 17.0. The van der Waals surface area contributed by atoms with E-state index in [1.54, 1.807) is 48.7 Å². The van der Waals surface area contributed by atoms with Gasteiger partial charge in [-0.15, -0.1) is 0 Å². The number of ether oxygens (including phenoxy) is 2. The number of nitrogens with one attached hydrogen (secondary N) is 1. The van der Waals surface area contributed by atoms with Crippen LogP contribution in [0.5, 0.6) is 11.5 Å². The van der Waals surface area contributed by atoms with Crippen LogP contribution in [0.1, 0.15) is 28.8 Å². The van der Waals surface area contributed by atoms with Crippen molar-refractivity contribution >= 4 is 27.7 Å². The Morgan fingerprint density at radius 2 is 1.82 bits per heavy atom. The number of halogens is 2. The first-order valence-electron chi connectivity index (χ1n) is 10.2. The molecule has 0 saturated heterocycles. The third-order valence-corrected chi connectivity index (χ3v) is 5.22. The summed E-state index contributed by atoms with van der Waals surface area (Å²) >= 11 is 3.37. The molecule has 4 rings (SSSR count). The van der Waals surface area contributed by atoms with Crippen molar-refractivity contribution in [3.63, 3.8) is 0 Å². The molecule has 2 heterocycles. The number of amides is 1. The molecule has 1 N–H and O–H groups in total. The number of benzene rings is 2. The molecule has 9 heteroatoms. The smallest absolute Gasteiger partial charge is 0.292 e. The van der Waals surface area contributed by atoms with Gasteiger partial charge < -0.3 is 19.2 Å². The molecule has 0 spiro atoms. The van der Waals surface area contributed by atoms with E-state index >= 15 is 0 Å². The van der Waals surface area contributed by atoms with Crippen molar-refractivity contribution < 1.29 is 23.1 Å². The third-order valence-electron chi connectivity index (χ3n) is 4.64. The molecule has 0 aliphatic carbocycles. The molecule has 1 amide bonds. The predicted octanol–water partition coefficient (Wildman–Crippen LogP) is 5.66. The summed E-state index contributed by atoms with van der Waals surface area (Å²) < 4.78 is 32.7. The molecule has 33 heavy (non-hydrogen) atoms. The van der Waals surface area contributed by atoms with E-state index in [2.05, 4.69) is 26.3 Å². The van der Waals surface area contributed by atoms with Gasteiger partial charge in [0.05, 0.1) is 17.6 Å². The number of hydrogen-bond donors (Lipinski definition) is 1. The van der Waals surface area contributed by atoms with Crippen LogP contribution in [0.4, 0.5) is 10.2 Å². The average Bonchev–Trinajstić information content (AvgIpc) is 3.42. The number of furan rings is 1. The van der Waals surface area contributed by atoms with Gasteiger partial charge in [0.25, 0.3) is 5.91 Å². The number of carbonyl (C=O) groups excluding carboxylic acids is 1. The molecule has 2 aromatic carbocycles. The minimum absolute atomic E-state index is 0.121. The van der Waals surface area contributed by atoms with Crippen molar-refractivity contribution in [1.82, 2.24) is 9.78 Å². The van der Waals surface area contributed by atoms with Crippen LogP contribution in [-0.2, 0) is 13.2 Å². The molecular formula is C24H21BrFN3O4. The van der Waals surface area contributed by atoms with Crippen molar-refractivity contribution in [2.75, 3.05) is 11.9 Å². The lowest BCUT2D eigenvalue weighted by Crippen LogP contribution is -2.12. The number of hydrogen-bond acceptors (Lipinski definition) is 5. The molecule has 4 aromatic rings. The molecule has 0 aliphatic heterocycles. The minimum atomic E-state index is -0.459. The molecule has 2 aromatic heterocycles. The van der Waals surface area contributed by atoms with Crippen LogP contribution in [0.25, 0.3) is 0 Å². The van der Waals surface area contributed by atoms with Crippen LogP contribution >= 0.6 is 15.9 Å². The van der Waals surface area contributed by atoms with Gasteiger partial charge in [0, 0.05) is 11.8 Å². The van der Waals surface area contributed by atoms with Gasteiger partial charge in [-0.05, 0) is 65.3 Å². The molecule has 7 nitrogen and oxygen atoms in total.